The number of thioether (sulfide) groups is 1. The summed E-state index contributed by atoms with van der Waals surface area (Å²) in [5.74, 6) is 0.259. The summed E-state index contributed by atoms with van der Waals surface area (Å²) >= 11 is 6.71. The van der Waals surface area contributed by atoms with Gasteiger partial charge in [-0.05, 0) is 43.0 Å². The van der Waals surface area contributed by atoms with Gasteiger partial charge in [-0.25, -0.2) is 4.98 Å². The Morgan fingerprint density at radius 2 is 2.00 bits per heavy atom. The molecule has 2 aliphatic heterocycles. The van der Waals surface area contributed by atoms with Crippen molar-refractivity contribution in [3.8, 4) is 0 Å². The van der Waals surface area contributed by atoms with E-state index in [1.165, 1.54) is 16.2 Å². The summed E-state index contributed by atoms with van der Waals surface area (Å²) in [6.45, 7) is 1.79. The summed E-state index contributed by atoms with van der Waals surface area (Å²) < 4.78 is 7.68. The van der Waals surface area contributed by atoms with Gasteiger partial charge in [0.1, 0.15) is 15.8 Å². The van der Waals surface area contributed by atoms with Gasteiger partial charge >= 0.3 is 0 Å². The van der Waals surface area contributed by atoms with Crippen molar-refractivity contribution in [1.29, 1.82) is 0 Å². The van der Waals surface area contributed by atoms with Crippen LogP contribution in [0.2, 0.25) is 0 Å². The van der Waals surface area contributed by atoms with Crippen LogP contribution in [0, 0.1) is 0 Å². The zero-order valence-electron chi connectivity index (χ0n) is 18.5. The molecule has 2 saturated heterocycles. The molecule has 3 aromatic rings. The maximum atomic E-state index is 13.4. The lowest BCUT2D eigenvalue weighted by Gasteiger charge is -2.15. The Morgan fingerprint density at radius 3 is 2.79 bits per heavy atom. The normalized spacial score (nSPS) is 19.5. The second kappa shape index (κ2) is 10.1. The fourth-order valence-corrected chi connectivity index (χ4v) is 5.38. The average molecular weight is 493 g/mol. The number of ether oxygens (including phenoxy) is 1. The van der Waals surface area contributed by atoms with Crippen molar-refractivity contribution >= 4 is 51.7 Å². The Morgan fingerprint density at radius 1 is 1.18 bits per heavy atom. The summed E-state index contributed by atoms with van der Waals surface area (Å²) in [5.41, 5.74) is 1.77. The summed E-state index contributed by atoms with van der Waals surface area (Å²) in [7, 11) is 0. The standard InChI is InChI=1S/C25H24N4O3S2/c30-23-19(15-20-24(31)29(25(33)34-20)13-11-17-7-2-1-3-8-17)22(26-16-18-9-6-14-32-18)27-21-10-4-5-12-28(21)23/h1-5,7-8,10,12,15,18,26H,6,9,11,13-14,16H2/b20-15+. The summed E-state index contributed by atoms with van der Waals surface area (Å²) in [4.78, 5) is 33.2. The molecule has 0 bridgehead atoms. The first kappa shape index (κ1) is 22.8. The van der Waals surface area contributed by atoms with Crippen LogP contribution in [-0.2, 0) is 16.0 Å². The van der Waals surface area contributed by atoms with Crippen molar-refractivity contribution in [1.82, 2.24) is 14.3 Å². The third kappa shape index (κ3) is 4.77. The predicted molar refractivity (Wildman–Crippen MR) is 139 cm³/mol. The smallest absolute Gasteiger partial charge is 0.267 e. The highest BCUT2D eigenvalue weighted by Crippen LogP contribution is 2.33. The lowest BCUT2D eigenvalue weighted by Crippen LogP contribution is -2.30. The molecule has 0 spiro atoms. The molecule has 2 aromatic heterocycles. The Kier molecular flexibility index (Phi) is 6.75. The molecule has 5 rings (SSSR count). The van der Waals surface area contributed by atoms with Gasteiger partial charge in [0.05, 0.1) is 16.6 Å². The number of carbonyl (C=O) groups excluding carboxylic acids is 1. The number of amides is 1. The third-order valence-corrected chi connectivity index (χ3v) is 7.28. The van der Waals surface area contributed by atoms with E-state index >= 15 is 0 Å². The molecule has 174 valence electrons. The van der Waals surface area contributed by atoms with Gasteiger partial charge in [0, 0.05) is 25.9 Å². The Bertz CT molecular complexity index is 1320. The zero-order chi connectivity index (χ0) is 23.5. The second-order valence-corrected chi connectivity index (χ2v) is 9.87. The van der Waals surface area contributed by atoms with Gasteiger partial charge < -0.3 is 10.1 Å². The number of fused-ring (bicyclic) bond motifs is 1. The molecule has 0 saturated carbocycles. The fourth-order valence-electron chi connectivity index (χ4n) is 4.09. The molecule has 1 amide bonds. The van der Waals surface area contributed by atoms with E-state index in [1.54, 1.807) is 29.3 Å². The summed E-state index contributed by atoms with van der Waals surface area (Å²) in [6.07, 6.45) is 6.08. The van der Waals surface area contributed by atoms with Crippen LogP contribution in [0.3, 0.4) is 0 Å². The van der Waals surface area contributed by atoms with Crippen LogP contribution in [0.5, 0.6) is 0 Å². The number of hydrogen-bond acceptors (Lipinski definition) is 7. The number of hydrogen-bond donors (Lipinski definition) is 1. The zero-order valence-corrected chi connectivity index (χ0v) is 20.1. The molecule has 0 aliphatic carbocycles. The number of aromatic nitrogens is 2. The molecule has 1 aromatic carbocycles. The highest BCUT2D eigenvalue weighted by atomic mass is 32.2. The van der Waals surface area contributed by atoms with Crippen LogP contribution in [0.1, 0.15) is 24.0 Å². The Hall–Kier alpha value is -3.01. The average Bonchev–Trinajstić information content (AvgIpc) is 3.47. The van der Waals surface area contributed by atoms with E-state index in [9.17, 15) is 9.59 Å². The third-order valence-electron chi connectivity index (χ3n) is 5.91. The van der Waals surface area contributed by atoms with Gasteiger partial charge in [0.25, 0.3) is 11.5 Å². The molecular formula is C25H24N4O3S2. The largest absolute Gasteiger partial charge is 0.376 e. The van der Waals surface area contributed by atoms with Crippen LogP contribution < -0.4 is 10.9 Å². The van der Waals surface area contributed by atoms with Crippen molar-refractivity contribution in [3.05, 3.63) is 81.1 Å². The predicted octanol–water partition coefficient (Wildman–Crippen LogP) is 3.73. The van der Waals surface area contributed by atoms with Crippen molar-refractivity contribution < 1.29 is 9.53 Å². The van der Waals surface area contributed by atoms with Crippen LogP contribution in [0.4, 0.5) is 5.82 Å². The van der Waals surface area contributed by atoms with Gasteiger partial charge in [0.2, 0.25) is 0 Å². The first-order valence-corrected chi connectivity index (χ1v) is 12.5. The van der Waals surface area contributed by atoms with E-state index < -0.39 is 0 Å². The maximum absolute atomic E-state index is 13.4. The molecule has 2 fully saturated rings. The maximum Gasteiger partial charge on any atom is 0.267 e. The number of rotatable bonds is 7. The van der Waals surface area contributed by atoms with Crippen molar-refractivity contribution in [2.45, 2.75) is 25.4 Å². The second-order valence-electron chi connectivity index (χ2n) is 8.19. The quantitative estimate of drug-likeness (QED) is 0.398. The van der Waals surface area contributed by atoms with Gasteiger partial charge in [0.15, 0.2) is 0 Å². The minimum atomic E-state index is -0.241. The van der Waals surface area contributed by atoms with E-state index in [-0.39, 0.29) is 17.6 Å². The topological polar surface area (TPSA) is 75.9 Å². The van der Waals surface area contributed by atoms with E-state index in [0.717, 1.165) is 25.0 Å². The number of thiocarbonyl (C=S) groups is 1. The van der Waals surface area contributed by atoms with Gasteiger partial charge in [-0.2, -0.15) is 0 Å². The number of benzene rings is 1. The molecule has 1 N–H and O–H groups in total. The summed E-state index contributed by atoms with van der Waals surface area (Å²) in [5, 5.41) is 3.29. The van der Waals surface area contributed by atoms with Gasteiger partial charge in [-0.3, -0.25) is 18.9 Å². The van der Waals surface area contributed by atoms with Crippen molar-refractivity contribution in [2.24, 2.45) is 0 Å². The van der Waals surface area contributed by atoms with Gasteiger partial charge in [-0.1, -0.05) is 60.4 Å². The molecule has 1 unspecified atom stereocenters. The van der Waals surface area contributed by atoms with E-state index in [1.807, 2.05) is 36.4 Å². The van der Waals surface area contributed by atoms with Crippen molar-refractivity contribution in [2.75, 3.05) is 25.0 Å². The molecule has 0 radical (unpaired) electrons. The number of pyridine rings is 1. The van der Waals surface area contributed by atoms with Crippen LogP contribution in [0.25, 0.3) is 11.7 Å². The van der Waals surface area contributed by atoms with E-state index in [0.29, 0.717) is 45.8 Å². The number of nitrogens with zero attached hydrogens (tertiary/aromatic N) is 3. The van der Waals surface area contributed by atoms with Crippen LogP contribution >= 0.6 is 24.0 Å². The van der Waals surface area contributed by atoms with Crippen molar-refractivity contribution in [3.63, 3.8) is 0 Å². The Labute approximate surface area is 206 Å². The number of nitrogens with one attached hydrogen (secondary N) is 1. The number of anilines is 1. The van der Waals surface area contributed by atoms with Crippen LogP contribution in [-0.4, -0.2) is 50.3 Å². The molecular weight excluding hydrogens is 468 g/mol. The Balaban J connectivity index is 1.44. The molecule has 9 heteroatoms. The lowest BCUT2D eigenvalue weighted by atomic mass is 10.1. The minimum Gasteiger partial charge on any atom is -0.376 e. The van der Waals surface area contributed by atoms with Crippen LogP contribution in [0.15, 0.2) is 64.4 Å². The highest BCUT2D eigenvalue weighted by Gasteiger charge is 2.32. The fraction of sp³-hybridized carbons (Fsp3) is 0.280. The highest BCUT2D eigenvalue weighted by molar-refractivity contribution is 8.26. The SMILES string of the molecule is O=C1/C(=C\c2c(NCC3CCCO3)nc3ccccn3c2=O)SC(=S)N1CCc1ccccc1. The monoisotopic (exact) mass is 492 g/mol. The van der Waals surface area contributed by atoms with E-state index in [2.05, 4.69) is 10.3 Å². The lowest BCUT2D eigenvalue weighted by molar-refractivity contribution is -0.122. The molecule has 2 aliphatic rings. The van der Waals surface area contributed by atoms with E-state index in [4.69, 9.17) is 17.0 Å². The number of carbonyl (C=O) groups is 1. The molecule has 4 heterocycles. The molecule has 7 nitrogen and oxygen atoms in total. The van der Waals surface area contributed by atoms with Gasteiger partial charge in [-0.15, -0.1) is 0 Å². The minimum absolute atomic E-state index is 0.0834. The molecule has 1 atom stereocenters. The first-order valence-electron chi connectivity index (χ1n) is 11.3. The summed E-state index contributed by atoms with van der Waals surface area (Å²) in [6, 6.07) is 15.4. The first-order chi connectivity index (χ1) is 16.6. The molecule has 34 heavy (non-hydrogen) atoms.